The van der Waals surface area contributed by atoms with Crippen LogP contribution in [0.2, 0.25) is 0 Å². The molecular formula is C18H24N4OS. The number of rotatable bonds is 4. The van der Waals surface area contributed by atoms with Gasteiger partial charge < -0.3 is 9.47 Å². The van der Waals surface area contributed by atoms with Gasteiger partial charge in [0.1, 0.15) is 0 Å². The molecule has 1 fully saturated rings. The first-order chi connectivity index (χ1) is 11.8. The summed E-state index contributed by atoms with van der Waals surface area (Å²) in [5, 5.41) is 2.04. The molecule has 6 heteroatoms. The summed E-state index contributed by atoms with van der Waals surface area (Å²) in [6.07, 6.45) is 6.08. The van der Waals surface area contributed by atoms with E-state index in [0.29, 0.717) is 13.0 Å². The summed E-state index contributed by atoms with van der Waals surface area (Å²) in [7, 11) is 0. The van der Waals surface area contributed by atoms with Crippen molar-refractivity contribution < 1.29 is 4.79 Å². The van der Waals surface area contributed by atoms with Gasteiger partial charge in [-0.25, -0.2) is 4.98 Å². The first-order valence-electron chi connectivity index (χ1n) is 8.85. The number of hydrogen-bond donors (Lipinski definition) is 0. The van der Waals surface area contributed by atoms with Gasteiger partial charge in [-0.1, -0.05) is 6.07 Å². The predicted molar refractivity (Wildman–Crippen MR) is 94.8 cm³/mol. The van der Waals surface area contributed by atoms with Crippen molar-refractivity contribution in [2.45, 2.75) is 45.3 Å². The van der Waals surface area contributed by atoms with Crippen LogP contribution in [-0.2, 0) is 30.8 Å². The zero-order valence-electron chi connectivity index (χ0n) is 14.0. The van der Waals surface area contributed by atoms with Gasteiger partial charge in [-0.15, -0.1) is 11.3 Å². The SMILES string of the molecule is O=C(Cc1cccs1)N1CCCn2cnc(CN3CCCC3)c2C1. The molecule has 0 saturated carbocycles. The van der Waals surface area contributed by atoms with Crippen LogP contribution < -0.4 is 0 Å². The number of aromatic nitrogens is 2. The van der Waals surface area contributed by atoms with Crippen LogP contribution in [-0.4, -0.2) is 44.9 Å². The molecule has 24 heavy (non-hydrogen) atoms. The minimum Gasteiger partial charge on any atom is -0.336 e. The molecule has 0 atom stereocenters. The molecule has 2 aromatic heterocycles. The number of likely N-dealkylation sites (tertiary alicyclic amines) is 1. The van der Waals surface area contributed by atoms with E-state index < -0.39 is 0 Å². The molecule has 0 N–H and O–H groups in total. The Morgan fingerprint density at radius 1 is 1.17 bits per heavy atom. The largest absolute Gasteiger partial charge is 0.336 e. The third kappa shape index (κ3) is 3.39. The average Bonchev–Trinajstić information content (AvgIpc) is 3.30. The van der Waals surface area contributed by atoms with Crippen molar-refractivity contribution in [3.63, 3.8) is 0 Å². The molecule has 128 valence electrons. The Morgan fingerprint density at radius 2 is 2.04 bits per heavy atom. The molecule has 4 heterocycles. The molecule has 2 aliphatic heterocycles. The lowest BCUT2D eigenvalue weighted by molar-refractivity contribution is -0.131. The molecule has 0 aliphatic carbocycles. The Hall–Kier alpha value is -1.66. The number of nitrogens with zero attached hydrogens (tertiary/aromatic N) is 4. The molecule has 0 spiro atoms. The van der Waals surface area contributed by atoms with Crippen LogP contribution >= 0.6 is 11.3 Å². The fourth-order valence-corrected chi connectivity index (χ4v) is 4.38. The van der Waals surface area contributed by atoms with E-state index in [1.165, 1.54) is 31.6 Å². The first kappa shape index (κ1) is 15.8. The first-order valence-corrected chi connectivity index (χ1v) is 9.73. The molecule has 0 unspecified atom stereocenters. The highest BCUT2D eigenvalue weighted by Crippen LogP contribution is 2.21. The highest BCUT2D eigenvalue weighted by molar-refractivity contribution is 7.10. The van der Waals surface area contributed by atoms with Gasteiger partial charge in [-0.3, -0.25) is 9.69 Å². The normalized spacial score (nSPS) is 18.6. The minimum absolute atomic E-state index is 0.235. The third-order valence-corrected chi connectivity index (χ3v) is 5.91. The number of carbonyl (C=O) groups is 1. The van der Waals surface area contributed by atoms with Crippen LogP contribution in [0, 0.1) is 0 Å². The van der Waals surface area contributed by atoms with E-state index >= 15 is 0 Å². The smallest absolute Gasteiger partial charge is 0.228 e. The predicted octanol–water partition coefficient (Wildman–Crippen LogP) is 2.52. The number of imidazole rings is 1. The van der Waals surface area contributed by atoms with Crippen LogP contribution in [0.5, 0.6) is 0 Å². The molecule has 5 nitrogen and oxygen atoms in total. The number of carbonyl (C=O) groups excluding carboxylic acids is 1. The second-order valence-corrected chi connectivity index (χ2v) is 7.77. The molecule has 0 radical (unpaired) electrons. The lowest BCUT2D eigenvalue weighted by Gasteiger charge is -2.21. The summed E-state index contributed by atoms with van der Waals surface area (Å²) in [6, 6.07) is 4.06. The van der Waals surface area contributed by atoms with Gasteiger partial charge >= 0.3 is 0 Å². The van der Waals surface area contributed by atoms with E-state index in [9.17, 15) is 4.79 Å². The highest BCUT2D eigenvalue weighted by Gasteiger charge is 2.24. The van der Waals surface area contributed by atoms with Gasteiger partial charge in [-0.05, 0) is 43.8 Å². The van der Waals surface area contributed by atoms with Gasteiger partial charge in [0.15, 0.2) is 0 Å². The van der Waals surface area contributed by atoms with E-state index in [2.05, 4.69) is 14.5 Å². The van der Waals surface area contributed by atoms with Crippen LogP contribution in [0.25, 0.3) is 0 Å². The van der Waals surface area contributed by atoms with Crippen molar-refractivity contribution in [1.82, 2.24) is 19.4 Å². The lowest BCUT2D eigenvalue weighted by Crippen LogP contribution is -2.32. The molecule has 1 amide bonds. The Labute approximate surface area is 146 Å². The molecule has 1 saturated heterocycles. The Kier molecular flexibility index (Phi) is 4.67. The Bertz CT molecular complexity index is 688. The summed E-state index contributed by atoms with van der Waals surface area (Å²) >= 11 is 1.66. The van der Waals surface area contributed by atoms with Crippen molar-refractivity contribution in [2.75, 3.05) is 19.6 Å². The number of hydrogen-bond acceptors (Lipinski definition) is 4. The molecule has 0 bridgehead atoms. The maximum absolute atomic E-state index is 12.7. The van der Waals surface area contributed by atoms with Gasteiger partial charge in [0.05, 0.1) is 30.7 Å². The summed E-state index contributed by atoms with van der Waals surface area (Å²) < 4.78 is 2.25. The van der Waals surface area contributed by atoms with Crippen molar-refractivity contribution >= 4 is 17.2 Å². The quantitative estimate of drug-likeness (QED) is 0.856. The fourth-order valence-electron chi connectivity index (χ4n) is 3.69. The molecule has 2 aliphatic rings. The number of thiophene rings is 1. The monoisotopic (exact) mass is 344 g/mol. The fraction of sp³-hybridized carbons (Fsp3) is 0.556. The van der Waals surface area contributed by atoms with E-state index in [1.54, 1.807) is 11.3 Å². The second kappa shape index (κ2) is 7.07. The van der Waals surface area contributed by atoms with Crippen molar-refractivity contribution in [3.05, 3.63) is 40.1 Å². The number of aryl methyl sites for hydroxylation is 1. The highest BCUT2D eigenvalue weighted by atomic mass is 32.1. The van der Waals surface area contributed by atoms with Crippen molar-refractivity contribution in [2.24, 2.45) is 0 Å². The molecular weight excluding hydrogens is 320 g/mol. The van der Waals surface area contributed by atoms with Crippen molar-refractivity contribution in [3.8, 4) is 0 Å². The summed E-state index contributed by atoms with van der Waals surface area (Å²) in [5.74, 6) is 0.235. The number of fused-ring (bicyclic) bond motifs is 1. The molecule has 0 aromatic carbocycles. The van der Waals surface area contributed by atoms with Gasteiger partial charge in [0.2, 0.25) is 5.91 Å². The lowest BCUT2D eigenvalue weighted by atomic mass is 10.2. The Morgan fingerprint density at radius 3 is 2.83 bits per heavy atom. The maximum Gasteiger partial charge on any atom is 0.228 e. The second-order valence-electron chi connectivity index (χ2n) is 6.74. The van der Waals surface area contributed by atoms with Crippen LogP contribution in [0.4, 0.5) is 0 Å². The zero-order chi connectivity index (χ0) is 16.4. The summed E-state index contributed by atoms with van der Waals surface area (Å²) in [5.41, 5.74) is 2.40. The standard InChI is InChI=1S/C18H24N4OS/c23-18(11-15-5-3-10-24-15)21-8-4-9-22-14-19-16(17(22)13-21)12-20-6-1-2-7-20/h3,5,10,14H,1-2,4,6-9,11-13H2. The minimum atomic E-state index is 0.235. The van der Waals surface area contributed by atoms with Gasteiger partial charge in [0, 0.05) is 24.5 Å². The summed E-state index contributed by atoms with van der Waals surface area (Å²) in [4.78, 5) is 23.0. The average molecular weight is 344 g/mol. The van der Waals surface area contributed by atoms with Crippen LogP contribution in [0.3, 0.4) is 0 Å². The van der Waals surface area contributed by atoms with Gasteiger partial charge in [-0.2, -0.15) is 0 Å². The van der Waals surface area contributed by atoms with E-state index in [1.807, 2.05) is 28.7 Å². The Balaban J connectivity index is 1.48. The topological polar surface area (TPSA) is 41.4 Å². The zero-order valence-corrected chi connectivity index (χ0v) is 14.8. The van der Waals surface area contributed by atoms with Crippen LogP contribution in [0.15, 0.2) is 23.8 Å². The van der Waals surface area contributed by atoms with E-state index in [4.69, 9.17) is 0 Å². The molecule has 2 aromatic rings. The molecule has 4 rings (SSSR count). The van der Waals surface area contributed by atoms with Crippen LogP contribution in [0.1, 0.15) is 35.5 Å². The summed E-state index contributed by atoms with van der Waals surface area (Å²) in [6.45, 7) is 5.78. The van der Waals surface area contributed by atoms with Gasteiger partial charge in [0.25, 0.3) is 0 Å². The maximum atomic E-state index is 12.7. The third-order valence-electron chi connectivity index (χ3n) is 5.03. The number of amides is 1. The van der Waals surface area contributed by atoms with E-state index in [0.717, 1.165) is 36.6 Å². The van der Waals surface area contributed by atoms with E-state index in [-0.39, 0.29) is 5.91 Å². The van der Waals surface area contributed by atoms with Crippen molar-refractivity contribution in [1.29, 1.82) is 0 Å².